The number of pyridine rings is 1. The lowest BCUT2D eigenvalue weighted by atomic mass is 9.95. The number of hydrogen-bond donors (Lipinski definition) is 1. The van der Waals surface area contributed by atoms with Gasteiger partial charge >= 0.3 is 0 Å². The molecule has 2 aromatic carbocycles. The van der Waals surface area contributed by atoms with Crippen LogP contribution in [0.1, 0.15) is 50.2 Å². The maximum Gasteiger partial charge on any atom is 0.256 e. The fourth-order valence-electron chi connectivity index (χ4n) is 5.23. The second kappa shape index (κ2) is 10.8. The summed E-state index contributed by atoms with van der Waals surface area (Å²) in [5.41, 5.74) is 3.12. The molecule has 3 heterocycles. The van der Waals surface area contributed by atoms with Crippen LogP contribution in [0.2, 0.25) is 0 Å². The Morgan fingerprint density at radius 2 is 1.71 bits per heavy atom. The molecule has 0 saturated carbocycles. The molecule has 196 valence electrons. The van der Waals surface area contributed by atoms with Crippen LogP contribution in [0.25, 0.3) is 0 Å². The SMILES string of the molecule is Cc1ccc(C(=O)N2CCC3(CC2)OCC(C(=O)NCc2cccnc2)N3C(=O)c2cccc(C)c2)cc1. The quantitative estimate of drug-likeness (QED) is 0.565. The van der Waals surface area contributed by atoms with Gasteiger partial charge in [-0.3, -0.25) is 24.3 Å². The molecule has 0 bridgehead atoms. The monoisotopic (exact) mass is 512 g/mol. The molecule has 8 nitrogen and oxygen atoms in total. The van der Waals surface area contributed by atoms with Crippen LogP contribution in [-0.4, -0.2) is 64.0 Å². The van der Waals surface area contributed by atoms with Gasteiger partial charge in [-0.05, 0) is 49.7 Å². The molecule has 2 fully saturated rings. The zero-order valence-corrected chi connectivity index (χ0v) is 21.7. The fraction of sp³-hybridized carbons (Fsp3) is 0.333. The third kappa shape index (κ3) is 5.17. The van der Waals surface area contributed by atoms with Gasteiger partial charge in [-0.1, -0.05) is 41.5 Å². The first-order valence-corrected chi connectivity index (χ1v) is 12.9. The van der Waals surface area contributed by atoms with Crippen molar-refractivity contribution in [3.63, 3.8) is 0 Å². The first kappa shape index (κ1) is 25.6. The maximum absolute atomic E-state index is 13.9. The van der Waals surface area contributed by atoms with Gasteiger partial charge < -0.3 is 15.0 Å². The van der Waals surface area contributed by atoms with Crippen LogP contribution in [-0.2, 0) is 16.1 Å². The van der Waals surface area contributed by atoms with Crippen molar-refractivity contribution in [2.45, 2.75) is 45.0 Å². The average Bonchev–Trinajstić information content (AvgIpc) is 3.30. The summed E-state index contributed by atoms with van der Waals surface area (Å²) in [6.07, 6.45) is 4.23. The van der Waals surface area contributed by atoms with Crippen molar-refractivity contribution in [3.05, 3.63) is 101 Å². The van der Waals surface area contributed by atoms with Gasteiger partial charge in [0.2, 0.25) is 5.91 Å². The van der Waals surface area contributed by atoms with Gasteiger partial charge in [-0.25, -0.2) is 0 Å². The summed E-state index contributed by atoms with van der Waals surface area (Å²) in [6, 6.07) is 17.8. The number of nitrogens with one attached hydrogen (secondary N) is 1. The normalized spacial score (nSPS) is 18.4. The molecule has 0 radical (unpaired) electrons. The Balaban J connectivity index is 1.36. The summed E-state index contributed by atoms with van der Waals surface area (Å²) in [5.74, 6) is -0.559. The Bertz CT molecular complexity index is 1320. The van der Waals surface area contributed by atoms with E-state index < -0.39 is 11.8 Å². The minimum absolute atomic E-state index is 0.0415. The summed E-state index contributed by atoms with van der Waals surface area (Å²) in [5, 5.41) is 2.95. The largest absolute Gasteiger partial charge is 0.353 e. The average molecular weight is 513 g/mol. The van der Waals surface area contributed by atoms with Crippen LogP contribution in [0.5, 0.6) is 0 Å². The molecule has 0 aliphatic carbocycles. The number of rotatable bonds is 5. The number of carbonyl (C=O) groups is 3. The molecule has 5 rings (SSSR count). The van der Waals surface area contributed by atoms with E-state index in [1.807, 2.05) is 68.4 Å². The minimum atomic E-state index is -0.957. The molecule has 2 aliphatic heterocycles. The van der Waals surface area contributed by atoms with Crippen molar-refractivity contribution in [3.8, 4) is 0 Å². The number of benzene rings is 2. The molecule has 1 spiro atoms. The van der Waals surface area contributed by atoms with Gasteiger partial charge in [-0.15, -0.1) is 0 Å². The molecular formula is C30H32N4O4. The summed E-state index contributed by atoms with van der Waals surface area (Å²) >= 11 is 0. The van der Waals surface area contributed by atoms with Crippen molar-refractivity contribution in [1.29, 1.82) is 0 Å². The molecule has 1 atom stereocenters. The summed E-state index contributed by atoms with van der Waals surface area (Å²) in [6.45, 7) is 5.17. The van der Waals surface area contributed by atoms with E-state index in [9.17, 15) is 14.4 Å². The number of likely N-dealkylation sites (tertiary alicyclic amines) is 1. The Hall–Kier alpha value is -4.04. The van der Waals surface area contributed by atoms with E-state index in [4.69, 9.17) is 4.74 Å². The number of carbonyl (C=O) groups excluding carboxylic acids is 3. The number of amides is 3. The third-order valence-corrected chi connectivity index (χ3v) is 7.37. The van der Waals surface area contributed by atoms with Crippen molar-refractivity contribution >= 4 is 17.7 Å². The molecule has 1 N–H and O–H groups in total. The zero-order valence-electron chi connectivity index (χ0n) is 21.7. The number of hydrogen-bond acceptors (Lipinski definition) is 5. The Morgan fingerprint density at radius 3 is 2.39 bits per heavy atom. The summed E-state index contributed by atoms with van der Waals surface area (Å²) in [7, 11) is 0. The van der Waals surface area contributed by atoms with E-state index in [0.29, 0.717) is 43.6 Å². The summed E-state index contributed by atoms with van der Waals surface area (Å²) in [4.78, 5) is 47.9. The van der Waals surface area contributed by atoms with Crippen LogP contribution >= 0.6 is 0 Å². The molecule has 2 aliphatic rings. The highest BCUT2D eigenvalue weighted by atomic mass is 16.5. The predicted octanol–water partition coefficient (Wildman–Crippen LogP) is 3.49. The van der Waals surface area contributed by atoms with Crippen molar-refractivity contribution in [1.82, 2.24) is 20.1 Å². The second-order valence-corrected chi connectivity index (χ2v) is 10.1. The second-order valence-electron chi connectivity index (χ2n) is 10.1. The van der Waals surface area contributed by atoms with Gasteiger partial charge in [0.25, 0.3) is 11.8 Å². The number of aromatic nitrogens is 1. The van der Waals surface area contributed by atoms with Gasteiger partial charge in [0.1, 0.15) is 11.8 Å². The van der Waals surface area contributed by atoms with Crippen molar-refractivity contribution < 1.29 is 19.1 Å². The van der Waals surface area contributed by atoms with Crippen LogP contribution in [0, 0.1) is 13.8 Å². The Morgan fingerprint density at radius 1 is 0.947 bits per heavy atom. The Kier molecular flexibility index (Phi) is 7.24. The molecule has 8 heteroatoms. The third-order valence-electron chi connectivity index (χ3n) is 7.37. The number of piperidine rings is 1. The Labute approximate surface area is 222 Å². The van der Waals surface area contributed by atoms with E-state index in [1.165, 1.54) is 0 Å². The number of ether oxygens (including phenoxy) is 1. The lowest BCUT2D eigenvalue weighted by Crippen LogP contribution is -2.59. The number of aryl methyl sites for hydroxylation is 2. The summed E-state index contributed by atoms with van der Waals surface area (Å²) < 4.78 is 6.30. The molecule has 3 aromatic rings. The highest BCUT2D eigenvalue weighted by molar-refractivity contribution is 5.99. The van der Waals surface area contributed by atoms with Crippen LogP contribution in [0.15, 0.2) is 73.1 Å². The minimum Gasteiger partial charge on any atom is -0.353 e. The standard InChI is InChI=1S/C30H32N4O4/c1-21-8-10-24(11-9-21)28(36)33-15-12-30(13-16-33)34(29(37)25-7-3-5-22(2)17-25)26(20-38-30)27(35)32-19-23-6-4-14-31-18-23/h3-11,14,17-18,26H,12-13,15-16,19-20H2,1-2H3,(H,32,35). The van der Waals surface area contributed by atoms with Gasteiger partial charge in [0, 0.05) is 56.0 Å². The van der Waals surface area contributed by atoms with E-state index >= 15 is 0 Å². The highest BCUT2D eigenvalue weighted by Crippen LogP contribution is 2.39. The van der Waals surface area contributed by atoms with Crippen LogP contribution < -0.4 is 5.32 Å². The molecule has 3 amide bonds. The molecule has 2 saturated heterocycles. The van der Waals surface area contributed by atoms with E-state index in [2.05, 4.69) is 10.3 Å². The molecule has 1 unspecified atom stereocenters. The zero-order chi connectivity index (χ0) is 26.7. The maximum atomic E-state index is 13.9. The van der Waals surface area contributed by atoms with E-state index in [0.717, 1.165) is 16.7 Å². The van der Waals surface area contributed by atoms with Gasteiger partial charge in [-0.2, -0.15) is 0 Å². The first-order chi connectivity index (χ1) is 18.4. The van der Waals surface area contributed by atoms with E-state index in [-0.39, 0.29) is 24.3 Å². The lowest BCUT2D eigenvalue weighted by molar-refractivity contribution is -0.128. The van der Waals surface area contributed by atoms with Gasteiger partial charge in [0.15, 0.2) is 0 Å². The first-order valence-electron chi connectivity index (χ1n) is 12.9. The van der Waals surface area contributed by atoms with Crippen LogP contribution in [0.3, 0.4) is 0 Å². The predicted molar refractivity (Wildman–Crippen MR) is 142 cm³/mol. The highest BCUT2D eigenvalue weighted by Gasteiger charge is 2.54. The molecule has 1 aromatic heterocycles. The lowest BCUT2D eigenvalue weighted by Gasteiger charge is -2.44. The molecular weight excluding hydrogens is 480 g/mol. The number of nitrogens with zero attached hydrogens (tertiary/aromatic N) is 3. The smallest absolute Gasteiger partial charge is 0.256 e. The van der Waals surface area contributed by atoms with Crippen LogP contribution in [0.4, 0.5) is 0 Å². The fourth-order valence-corrected chi connectivity index (χ4v) is 5.23. The van der Waals surface area contributed by atoms with E-state index in [1.54, 1.807) is 28.3 Å². The van der Waals surface area contributed by atoms with Crippen molar-refractivity contribution in [2.24, 2.45) is 0 Å². The topological polar surface area (TPSA) is 91.8 Å². The molecule has 38 heavy (non-hydrogen) atoms. The van der Waals surface area contributed by atoms with Crippen molar-refractivity contribution in [2.75, 3.05) is 19.7 Å². The van der Waals surface area contributed by atoms with Gasteiger partial charge in [0.05, 0.1) is 6.61 Å².